The number of benzene rings is 1. The molecule has 0 bridgehead atoms. The maximum Gasteiger partial charge on any atom is 0.254 e. The summed E-state index contributed by atoms with van der Waals surface area (Å²) < 4.78 is 16.7. The second kappa shape index (κ2) is 10.5. The standard InChI is InChI=1S/C23H28N4O4/c24-15-17-4-6-19(7-5-17)23(28)27-11-2-1-3-20(27)22-25-21(26-31-22)10-14-30-16-18-8-12-29-13-9-18/h4-7,18,20H,1-3,8-14,16H2. The van der Waals surface area contributed by atoms with Crippen molar-refractivity contribution < 1.29 is 18.8 Å². The molecule has 1 aromatic carbocycles. The SMILES string of the molecule is N#Cc1ccc(C(=O)N2CCCCC2c2nc(CCOCC3CCOCC3)no2)cc1. The highest BCUT2D eigenvalue weighted by Crippen LogP contribution is 2.31. The zero-order chi connectivity index (χ0) is 21.5. The van der Waals surface area contributed by atoms with Crippen LogP contribution in [0.4, 0.5) is 0 Å². The molecule has 1 unspecified atom stereocenters. The van der Waals surface area contributed by atoms with Crippen LogP contribution in [0, 0.1) is 17.2 Å². The fraction of sp³-hybridized carbons (Fsp3) is 0.565. The topological polar surface area (TPSA) is 101 Å². The van der Waals surface area contributed by atoms with Crippen LogP contribution in [0.1, 0.15) is 65.8 Å². The monoisotopic (exact) mass is 424 g/mol. The summed E-state index contributed by atoms with van der Waals surface area (Å²) in [6, 6.07) is 8.57. The third-order valence-electron chi connectivity index (χ3n) is 5.96. The van der Waals surface area contributed by atoms with Crippen LogP contribution >= 0.6 is 0 Å². The van der Waals surface area contributed by atoms with Crippen LogP contribution in [-0.2, 0) is 15.9 Å². The number of nitrogens with zero attached hydrogens (tertiary/aromatic N) is 4. The quantitative estimate of drug-likeness (QED) is 0.629. The van der Waals surface area contributed by atoms with Crippen LogP contribution in [0.25, 0.3) is 0 Å². The van der Waals surface area contributed by atoms with Gasteiger partial charge in [-0.2, -0.15) is 10.2 Å². The third-order valence-corrected chi connectivity index (χ3v) is 5.96. The number of nitriles is 1. The average Bonchev–Trinajstić information content (AvgIpc) is 3.31. The number of hydrogen-bond donors (Lipinski definition) is 0. The molecule has 0 N–H and O–H groups in total. The maximum atomic E-state index is 13.1. The first kappa shape index (κ1) is 21.5. The van der Waals surface area contributed by atoms with Crippen molar-refractivity contribution in [2.24, 2.45) is 5.92 Å². The molecule has 0 saturated carbocycles. The largest absolute Gasteiger partial charge is 0.381 e. The van der Waals surface area contributed by atoms with Gasteiger partial charge >= 0.3 is 0 Å². The highest BCUT2D eigenvalue weighted by molar-refractivity contribution is 5.94. The smallest absolute Gasteiger partial charge is 0.254 e. The summed E-state index contributed by atoms with van der Waals surface area (Å²) in [6.07, 6.45) is 5.44. The van der Waals surface area contributed by atoms with Crippen molar-refractivity contribution in [2.45, 2.75) is 44.6 Å². The van der Waals surface area contributed by atoms with Gasteiger partial charge < -0.3 is 18.9 Å². The van der Waals surface area contributed by atoms with Gasteiger partial charge in [-0.3, -0.25) is 4.79 Å². The molecular weight excluding hydrogens is 396 g/mol. The van der Waals surface area contributed by atoms with Crippen molar-refractivity contribution in [1.82, 2.24) is 15.0 Å². The predicted octanol–water partition coefficient (Wildman–Crippen LogP) is 3.29. The van der Waals surface area contributed by atoms with E-state index >= 15 is 0 Å². The van der Waals surface area contributed by atoms with Crippen LogP contribution in [0.3, 0.4) is 0 Å². The van der Waals surface area contributed by atoms with Crippen LogP contribution in [0.5, 0.6) is 0 Å². The van der Waals surface area contributed by atoms with Crippen molar-refractivity contribution in [3.8, 4) is 6.07 Å². The molecule has 0 aliphatic carbocycles. The van der Waals surface area contributed by atoms with Gasteiger partial charge in [-0.25, -0.2) is 0 Å². The van der Waals surface area contributed by atoms with E-state index in [1.54, 1.807) is 24.3 Å². The van der Waals surface area contributed by atoms with Gasteiger partial charge in [-0.15, -0.1) is 0 Å². The van der Waals surface area contributed by atoms with Crippen molar-refractivity contribution in [3.05, 3.63) is 47.1 Å². The Balaban J connectivity index is 1.34. The second-order valence-electron chi connectivity index (χ2n) is 8.13. The summed E-state index contributed by atoms with van der Waals surface area (Å²) in [4.78, 5) is 19.4. The Hall–Kier alpha value is -2.76. The number of likely N-dealkylation sites (tertiary alicyclic amines) is 1. The molecule has 2 fully saturated rings. The number of rotatable bonds is 7. The molecule has 164 valence electrons. The molecule has 31 heavy (non-hydrogen) atoms. The van der Waals surface area contributed by atoms with Gasteiger partial charge in [0.2, 0.25) is 5.89 Å². The van der Waals surface area contributed by atoms with E-state index < -0.39 is 0 Å². The number of hydrogen-bond acceptors (Lipinski definition) is 7. The zero-order valence-electron chi connectivity index (χ0n) is 17.7. The molecule has 2 aliphatic heterocycles. The lowest BCUT2D eigenvalue weighted by molar-refractivity contribution is 0.0211. The highest BCUT2D eigenvalue weighted by Gasteiger charge is 2.32. The first-order valence-electron chi connectivity index (χ1n) is 11.0. The summed E-state index contributed by atoms with van der Waals surface area (Å²) in [5, 5.41) is 13.1. The molecule has 1 atom stereocenters. The molecule has 8 heteroatoms. The lowest BCUT2D eigenvalue weighted by Crippen LogP contribution is -2.38. The summed E-state index contributed by atoms with van der Waals surface area (Å²) in [7, 11) is 0. The van der Waals surface area contributed by atoms with E-state index in [2.05, 4.69) is 16.2 Å². The van der Waals surface area contributed by atoms with Gasteiger partial charge in [0.1, 0.15) is 6.04 Å². The van der Waals surface area contributed by atoms with Gasteiger partial charge in [0.05, 0.1) is 18.2 Å². The number of ether oxygens (including phenoxy) is 2. The summed E-state index contributed by atoms with van der Waals surface area (Å²) in [6.45, 7) is 3.58. The van der Waals surface area contributed by atoms with E-state index in [1.165, 1.54) is 0 Å². The van der Waals surface area contributed by atoms with Gasteiger partial charge in [-0.05, 0) is 62.3 Å². The molecule has 0 spiro atoms. The number of carbonyl (C=O) groups is 1. The molecule has 3 heterocycles. The van der Waals surface area contributed by atoms with Crippen LogP contribution in [0.2, 0.25) is 0 Å². The Morgan fingerprint density at radius 2 is 2.00 bits per heavy atom. The van der Waals surface area contributed by atoms with E-state index in [4.69, 9.17) is 19.3 Å². The number of carbonyl (C=O) groups excluding carboxylic acids is 1. The van der Waals surface area contributed by atoms with Crippen molar-refractivity contribution in [2.75, 3.05) is 33.0 Å². The van der Waals surface area contributed by atoms with E-state index in [0.717, 1.165) is 51.9 Å². The molecule has 2 aromatic rings. The molecule has 0 radical (unpaired) electrons. The molecule has 1 amide bonds. The number of aromatic nitrogens is 2. The Morgan fingerprint density at radius 3 is 2.77 bits per heavy atom. The van der Waals surface area contributed by atoms with Crippen LogP contribution < -0.4 is 0 Å². The minimum absolute atomic E-state index is 0.0752. The summed E-state index contributed by atoms with van der Waals surface area (Å²) in [5.41, 5.74) is 1.10. The highest BCUT2D eigenvalue weighted by atomic mass is 16.5. The van der Waals surface area contributed by atoms with Crippen molar-refractivity contribution in [1.29, 1.82) is 5.26 Å². The van der Waals surface area contributed by atoms with E-state index in [0.29, 0.717) is 48.3 Å². The minimum atomic E-state index is -0.221. The predicted molar refractivity (Wildman–Crippen MR) is 111 cm³/mol. The van der Waals surface area contributed by atoms with Crippen LogP contribution in [-0.4, -0.2) is 53.9 Å². The van der Waals surface area contributed by atoms with E-state index in [1.807, 2.05) is 4.90 Å². The zero-order valence-corrected chi connectivity index (χ0v) is 17.7. The summed E-state index contributed by atoms with van der Waals surface area (Å²) >= 11 is 0. The molecule has 4 rings (SSSR count). The normalized spacial score (nSPS) is 19.8. The summed E-state index contributed by atoms with van der Waals surface area (Å²) in [5.74, 6) is 1.59. The van der Waals surface area contributed by atoms with Gasteiger partial charge in [0.25, 0.3) is 5.91 Å². The van der Waals surface area contributed by atoms with E-state index in [-0.39, 0.29) is 11.9 Å². The van der Waals surface area contributed by atoms with Gasteiger partial charge in [-0.1, -0.05) is 5.16 Å². The fourth-order valence-electron chi connectivity index (χ4n) is 4.12. The molecule has 8 nitrogen and oxygen atoms in total. The molecular formula is C23H28N4O4. The van der Waals surface area contributed by atoms with Crippen molar-refractivity contribution in [3.63, 3.8) is 0 Å². The molecule has 1 aromatic heterocycles. The minimum Gasteiger partial charge on any atom is -0.381 e. The number of amides is 1. The first-order chi connectivity index (χ1) is 15.2. The molecule has 2 aliphatic rings. The maximum absolute atomic E-state index is 13.1. The fourth-order valence-corrected chi connectivity index (χ4v) is 4.12. The van der Waals surface area contributed by atoms with Gasteiger partial charge in [0.15, 0.2) is 5.82 Å². The first-order valence-corrected chi connectivity index (χ1v) is 11.0. The molecule has 2 saturated heterocycles. The average molecular weight is 425 g/mol. The Labute approximate surface area is 182 Å². The van der Waals surface area contributed by atoms with E-state index in [9.17, 15) is 4.79 Å². The van der Waals surface area contributed by atoms with Crippen molar-refractivity contribution >= 4 is 5.91 Å². The lowest BCUT2D eigenvalue weighted by Gasteiger charge is -2.33. The Bertz CT molecular complexity index is 899. The number of piperidine rings is 1. The van der Waals surface area contributed by atoms with Crippen LogP contribution in [0.15, 0.2) is 28.8 Å². The second-order valence-corrected chi connectivity index (χ2v) is 8.13. The Kier molecular flexibility index (Phi) is 7.28. The lowest BCUT2D eigenvalue weighted by atomic mass is 10.0. The Morgan fingerprint density at radius 1 is 1.19 bits per heavy atom. The third kappa shape index (κ3) is 5.49. The van der Waals surface area contributed by atoms with Gasteiger partial charge in [0, 0.05) is 38.3 Å².